The molecule has 0 unspecified atom stereocenters. The Kier molecular flexibility index (Phi) is 8.85. The van der Waals surface area contributed by atoms with Gasteiger partial charge in [-0.1, -0.05) is 31.5 Å². The normalized spacial score (nSPS) is 20.3. The highest BCUT2D eigenvalue weighted by molar-refractivity contribution is 6.34. The lowest BCUT2D eigenvalue weighted by Gasteiger charge is -2.32. The fraction of sp³-hybridized carbons (Fsp3) is 0.517. The predicted octanol–water partition coefficient (Wildman–Crippen LogP) is 4.73. The van der Waals surface area contributed by atoms with E-state index < -0.39 is 30.2 Å². The van der Waals surface area contributed by atoms with Crippen LogP contribution in [0.2, 0.25) is 5.02 Å². The van der Waals surface area contributed by atoms with Crippen LogP contribution in [0.5, 0.6) is 0 Å². The second kappa shape index (κ2) is 12.3. The van der Waals surface area contributed by atoms with Gasteiger partial charge in [-0.15, -0.1) is 0 Å². The van der Waals surface area contributed by atoms with Crippen LogP contribution in [0.1, 0.15) is 49.0 Å². The van der Waals surface area contributed by atoms with Crippen LogP contribution in [0.3, 0.4) is 0 Å². The number of amides is 2. The Labute approximate surface area is 251 Å². The number of likely N-dealkylation sites (tertiary alicyclic amines) is 2. The summed E-state index contributed by atoms with van der Waals surface area (Å²) in [4.78, 5) is 33.2. The predicted molar refractivity (Wildman–Crippen MR) is 154 cm³/mol. The Morgan fingerprint density at radius 1 is 1.16 bits per heavy atom. The van der Waals surface area contributed by atoms with Crippen LogP contribution in [0, 0.1) is 11.8 Å². The van der Waals surface area contributed by atoms with Gasteiger partial charge in [0.05, 0.1) is 34.8 Å². The van der Waals surface area contributed by atoms with Crippen molar-refractivity contribution in [1.29, 1.82) is 0 Å². The van der Waals surface area contributed by atoms with E-state index in [0.717, 1.165) is 5.56 Å². The van der Waals surface area contributed by atoms with E-state index in [1.165, 1.54) is 11.2 Å². The summed E-state index contributed by atoms with van der Waals surface area (Å²) < 4.78 is 55.9. The maximum Gasteiger partial charge on any atom is 0.391 e. The molecule has 0 radical (unpaired) electrons. The van der Waals surface area contributed by atoms with Crippen LogP contribution in [0.4, 0.5) is 23.4 Å². The van der Waals surface area contributed by atoms with Gasteiger partial charge in [0, 0.05) is 25.1 Å². The van der Waals surface area contributed by atoms with Crippen molar-refractivity contribution >= 4 is 34.7 Å². The number of hydrogen-bond acceptors (Lipinski definition) is 6. The van der Waals surface area contributed by atoms with Crippen LogP contribution in [0.25, 0.3) is 16.8 Å². The van der Waals surface area contributed by atoms with E-state index >= 15 is 0 Å². The Hall–Kier alpha value is -3.45. The second-order valence-electron chi connectivity index (χ2n) is 11.7. The van der Waals surface area contributed by atoms with Crippen molar-refractivity contribution in [2.24, 2.45) is 11.8 Å². The van der Waals surface area contributed by atoms with E-state index in [-0.39, 0.29) is 67.2 Å². The van der Waals surface area contributed by atoms with Gasteiger partial charge in [-0.2, -0.15) is 18.3 Å². The van der Waals surface area contributed by atoms with Gasteiger partial charge < -0.3 is 16.0 Å². The monoisotopic (exact) mass is 623 g/mol. The zero-order chi connectivity index (χ0) is 31.1. The van der Waals surface area contributed by atoms with E-state index in [9.17, 15) is 27.2 Å². The van der Waals surface area contributed by atoms with Gasteiger partial charge in [0.25, 0.3) is 5.91 Å². The maximum atomic E-state index is 14.8. The van der Waals surface area contributed by atoms with Crippen LogP contribution in [-0.4, -0.2) is 80.8 Å². The molecule has 5 rings (SSSR count). The Morgan fingerprint density at radius 3 is 2.56 bits per heavy atom. The number of nitrogens with zero attached hydrogens (tertiary/aromatic N) is 5. The summed E-state index contributed by atoms with van der Waals surface area (Å²) in [7, 11) is 0. The molecular formula is C29H34ClF4N7O2. The molecule has 1 aromatic carbocycles. The number of piperidine rings is 1. The summed E-state index contributed by atoms with van der Waals surface area (Å²) in [6, 6.07) is 5.78. The summed E-state index contributed by atoms with van der Waals surface area (Å²) in [6.07, 6.45) is -3.98. The molecule has 43 heavy (non-hydrogen) atoms. The number of aromatic nitrogens is 3. The molecule has 2 fully saturated rings. The number of carbonyl (C=O) groups excluding carboxylic acids is 2. The first kappa shape index (κ1) is 31.0. The number of rotatable bonds is 7. The number of fused-ring (bicyclic) bond motifs is 1. The zero-order valence-corrected chi connectivity index (χ0v) is 24.6. The number of nitrogens with two attached hydrogens (primary N) is 1. The highest BCUT2D eigenvalue weighted by Gasteiger charge is 2.41. The van der Waals surface area contributed by atoms with Crippen LogP contribution in [0.15, 0.2) is 30.6 Å². The summed E-state index contributed by atoms with van der Waals surface area (Å²) in [6.45, 7) is 4.72. The summed E-state index contributed by atoms with van der Waals surface area (Å²) >= 11 is 6.40. The van der Waals surface area contributed by atoms with Crippen molar-refractivity contribution in [3.8, 4) is 11.3 Å². The van der Waals surface area contributed by atoms with Crippen LogP contribution in [-0.2, 0) is 11.3 Å². The standard InChI is InChI=1S/C29H34ClF4N7O2/c1-16(2)9-25(42)40-13-22(31)23(14-40)38-28(43)20-10-17(3-4-21(20)30)24-11-18(26-27(35)36-15-37-41(24)26)12-39-7-5-19(6-8-39)29(32,33)34/h3-4,10-11,15-16,19,22-23H,5-9,12-14H2,1-2H3,(H,38,43)(H2,35,36,37)/t22-,23+/m0/s1. The molecule has 2 aliphatic rings. The molecule has 2 aromatic heterocycles. The maximum absolute atomic E-state index is 14.8. The number of nitrogens with one attached hydrogen (secondary N) is 1. The third-order valence-electron chi connectivity index (χ3n) is 8.11. The Bertz CT molecular complexity index is 1500. The molecule has 0 saturated carbocycles. The fourth-order valence-electron chi connectivity index (χ4n) is 5.82. The number of nitrogen functional groups attached to an aromatic ring is 1. The number of anilines is 1. The van der Waals surface area contributed by atoms with Gasteiger partial charge in [-0.25, -0.2) is 13.9 Å². The van der Waals surface area contributed by atoms with Crippen molar-refractivity contribution in [2.75, 3.05) is 31.9 Å². The van der Waals surface area contributed by atoms with Gasteiger partial charge in [0.2, 0.25) is 5.91 Å². The molecule has 2 amide bonds. The second-order valence-corrected chi connectivity index (χ2v) is 12.1. The SMILES string of the molecule is CC(C)CC(=O)N1C[C@H](F)[C@H](NC(=O)c2cc(-c3cc(CN4CCC(C(F)(F)F)CC4)c4c(N)ncnn34)ccc2Cl)C1. The number of carbonyl (C=O) groups is 2. The lowest BCUT2D eigenvalue weighted by atomic mass is 9.96. The molecule has 0 aliphatic carbocycles. The molecule has 3 N–H and O–H groups in total. The van der Waals surface area contributed by atoms with Gasteiger partial charge in [0.15, 0.2) is 5.82 Å². The molecule has 3 aromatic rings. The van der Waals surface area contributed by atoms with Gasteiger partial charge in [0.1, 0.15) is 18.0 Å². The molecule has 0 spiro atoms. The molecule has 2 atom stereocenters. The minimum Gasteiger partial charge on any atom is -0.382 e. The van der Waals surface area contributed by atoms with E-state index in [2.05, 4.69) is 15.4 Å². The first-order valence-electron chi connectivity index (χ1n) is 14.2. The van der Waals surface area contributed by atoms with E-state index in [4.69, 9.17) is 17.3 Å². The first-order chi connectivity index (χ1) is 20.3. The average Bonchev–Trinajstić information content (AvgIpc) is 3.49. The molecule has 4 heterocycles. The minimum atomic E-state index is -4.20. The van der Waals surface area contributed by atoms with Gasteiger partial charge in [-0.05, 0) is 55.6 Å². The first-order valence-corrected chi connectivity index (χ1v) is 14.6. The summed E-state index contributed by atoms with van der Waals surface area (Å²) in [5.74, 6) is -1.71. The smallest absolute Gasteiger partial charge is 0.382 e. The number of hydrogen-bond donors (Lipinski definition) is 2. The largest absolute Gasteiger partial charge is 0.391 e. The number of alkyl halides is 4. The fourth-order valence-corrected chi connectivity index (χ4v) is 6.02. The van der Waals surface area contributed by atoms with E-state index in [0.29, 0.717) is 29.7 Å². The van der Waals surface area contributed by atoms with E-state index in [1.54, 1.807) is 22.7 Å². The topological polar surface area (TPSA) is 109 Å². The van der Waals surface area contributed by atoms with Crippen LogP contribution >= 0.6 is 11.6 Å². The summed E-state index contributed by atoms with van der Waals surface area (Å²) in [5, 5.41) is 7.20. The lowest BCUT2D eigenvalue weighted by molar-refractivity contribution is -0.185. The van der Waals surface area contributed by atoms with Crippen molar-refractivity contribution in [2.45, 2.75) is 58.0 Å². The Balaban J connectivity index is 1.37. The van der Waals surface area contributed by atoms with Crippen LogP contribution < -0.4 is 11.1 Å². The molecule has 2 saturated heterocycles. The lowest BCUT2D eigenvalue weighted by Crippen LogP contribution is -2.42. The summed E-state index contributed by atoms with van der Waals surface area (Å²) in [5.41, 5.74) is 8.73. The van der Waals surface area contributed by atoms with Crippen molar-refractivity contribution < 1.29 is 27.2 Å². The third kappa shape index (κ3) is 6.72. The molecular weight excluding hydrogens is 590 g/mol. The molecule has 2 aliphatic heterocycles. The third-order valence-corrected chi connectivity index (χ3v) is 8.44. The Morgan fingerprint density at radius 2 is 1.88 bits per heavy atom. The quantitative estimate of drug-likeness (QED) is 0.369. The minimum absolute atomic E-state index is 0.0220. The average molecular weight is 624 g/mol. The highest BCUT2D eigenvalue weighted by Crippen LogP contribution is 2.36. The number of benzene rings is 1. The molecule has 14 heteroatoms. The van der Waals surface area contributed by atoms with Gasteiger partial charge >= 0.3 is 6.18 Å². The van der Waals surface area contributed by atoms with E-state index in [1.807, 2.05) is 24.8 Å². The van der Waals surface area contributed by atoms with Gasteiger partial charge in [-0.3, -0.25) is 14.5 Å². The zero-order valence-electron chi connectivity index (χ0n) is 23.9. The van der Waals surface area contributed by atoms with Crippen molar-refractivity contribution in [3.63, 3.8) is 0 Å². The van der Waals surface area contributed by atoms with Crippen molar-refractivity contribution in [1.82, 2.24) is 29.7 Å². The highest BCUT2D eigenvalue weighted by atomic mass is 35.5. The number of halogens is 5. The van der Waals surface area contributed by atoms with Crippen molar-refractivity contribution in [3.05, 3.63) is 46.7 Å². The molecule has 9 nitrogen and oxygen atoms in total. The molecule has 232 valence electrons. The molecule has 0 bridgehead atoms.